The Balaban J connectivity index is 1.30. The average Bonchev–Trinajstić information content (AvgIpc) is 3.82. The number of hydrogen-bond donors (Lipinski definition) is 0. The van der Waals surface area contributed by atoms with Crippen molar-refractivity contribution >= 4 is 62.1 Å². The summed E-state index contributed by atoms with van der Waals surface area (Å²) in [6.07, 6.45) is 0. The van der Waals surface area contributed by atoms with Gasteiger partial charge in [-0.15, -0.1) is 0 Å². The predicted octanol–water partition coefficient (Wildman–Crippen LogP) is 10.8. The number of rotatable bonds is 4. The lowest BCUT2D eigenvalue weighted by atomic mass is 10.0. The first-order valence-electron chi connectivity index (χ1n) is 18.3. The van der Waals surface area contributed by atoms with Gasteiger partial charge in [-0.1, -0.05) is 153 Å². The van der Waals surface area contributed by atoms with E-state index in [4.69, 9.17) is 9.97 Å². The van der Waals surface area contributed by atoms with E-state index in [0.717, 1.165) is 39.7 Å². The second kappa shape index (κ2) is 11.2. The molecular weight excluding hydrogens is 661 g/mol. The zero-order chi connectivity index (χ0) is 35.3. The van der Waals surface area contributed by atoms with Crippen molar-refractivity contribution in [2.45, 2.75) is 13.1 Å². The molecule has 7 aromatic carbocycles. The summed E-state index contributed by atoms with van der Waals surface area (Å²) in [5.41, 5.74) is 12.5. The van der Waals surface area contributed by atoms with Crippen molar-refractivity contribution in [1.82, 2.24) is 19.1 Å². The molecule has 10 aromatic rings. The second-order valence-electron chi connectivity index (χ2n) is 14.6. The molecule has 0 bridgehead atoms. The molecule has 0 fully saturated rings. The summed E-state index contributed by atoms with van der Waals surface area (Å²) in [6, 6.07) is 61.2. The van der Waals surface area contributed by atoms with Gasteiger partial charge in [0.2, 0.25) is 0 Å². The summed E-state index contributed by atoms with van der Waals surface area (Å²) >= 11 is 0. The third kappa shape index (κ3) is 4.23. The summed E-state index contributed by atoms with van der Waals surface area (Å²) in [5.74, 6) is 0.754. The molecule has 3 aromatic heterocycles. The quantitative estimate of drug-likeness (QED) is 0.172. The zero-order valence-electron chi connectivity index (χ0n) is 29.5. The summed E-state index contributed by atoms with van der Waals surface area (Å²) in [5, 5.41) is 7.64. The van der Waals surface area contributed by atoms with E-state index in [2.05, 4.69) is 192 Å². The lowest BCUT2D eigenvalue weighted by Crippen LogP contribution is -2.50. The maximum atomic E-state index is 5.56. The summed E-state index contributed by atoms with van der Waals surface area (Å²) in [7, 11) is -2.21. The van der Waals surface area contributed by atoms with E-state index in [1.54, 1.807) is 0 Å². The Hall–Kier alpha value is -6.56. The van der Waals surface area contributed by atoms with Crippen LogP contribution < -0.4 is 10.4 Å². The van der Waals surface area contributed by atoms with E-state index in [0.29, 0.717) is 0 Å². The minimum absolute atomic E-state index is 0.754. The molecule has 250 valence electrons. The standard InChI is InChI=1S/C48H34N4Si/c1-53(2)42-28-16-12-24-38(42)44-47(53)43(49-48(50-44)31-17-5-3-6-18-31)37-23-11-15-27-41(37)52-40-26-14-10-22-34(40)36-30-29-35-33-21-9-13-25-39(33)51(45(35)46(36)52)32-19-7-4-8-20-32/h3-30H,1-2H3. The van der Waals surface area contributed by atoms with Crippen LogP contribution in [0.1, 0.15) is 0 Å². The highest BCUT2D eigenvalue weighted by Crippen LogP contribution is 2.43. The fourth-order valence-electron chi connectivity index (χ4n) is 8.99. The van der Waals surface area contributed by atoms with Crippen LogP contribution >= 0.6 is 0 Å². The Morgan fingerprint density at radius 2 is 0.943 bits per heavy atom. The zero-order valence-corrected chi connectivity index (χ0v) is 30.5. The Morgan fingerprint density at radius 3 is 1.64 bits per heavy atom. The van der Waals surface area contributed by atoms with E-state index < -0.39 is 8.07 Å². The lowest BCUT2D eigenvalue weighted by Gasteiger charge is -2.23. The van der Waals surface area contributed by atoms with E-state index >= 15 is 0 Å². The number of nitrogens with zero attached hydrogens (tertiary/aromatic N) is 4. The number of para-hydroxylation sites is 4. The molecule has 1 aliphatic heterocycles. The molecule has 0 aliphatic carbocycles. The lowest BCUT2D eigenvalue weighted by molar-refractivity contribution is 1.14. The third-order valence-electron chi connectivity index (χ3n) is 11.3. The van der Waals surface area contributed by atoms with Crippen molar-refractivity contribution in [1.29, 1.82) is 0 Å². The van der Waals surface area contributed by atoms with Crippen LogP contribution in [-0.4, -0.2) is 27.2 Å². The van der Waals surface area contributed by atoms with E-state index in [1.165, 1.54) is 59.5 Å². The monoisotopic (exact) mass is 694 g/mol. The Labute approximate surface area is 308 Å². The van der Waals surface area contributed by atoms with Gasteiger partial charge in [-0.3, -0.25) is 0 Å². The number of aromatic nitrogens is 4. The minimum Gasteiger partial charge on any atom is -0.307 e. The topological polar surface area (TPSA) is 35.6 Å². The van der Waals surface area contributed by atoms with Crippen molar-refractivity contribution in [3.8, 4) is 45.3 Å². The Morgan fingerprint density at radius 1 is 0.434 bits per heavy atom. The van der Waals surface area contributed by atoms with Crippen LogP contribution in [-0.2, 0) is 0 Å². The normalized spacial score (nSPS) is 13.2. The number of benzene rings is 7. The van der Waals surface area contributed by atoms with Gasteiger partial charge in [0.1, 0.15) is 8.07 Å². The number of fused-ring (bicyclic) bond motifs is 10. The van der Waals surface area contributed by atoms with Crippen LogP contribution in [0.4, 0.5) is 0 Å². The molecule has 0 amide bonds. The van der Waals surface area contributed by atoms with Gasteiger partial charge in [-0.2, -0.15) is 0 Å². The van der Waals surface area contributed by atoms with E-state index in [9.17, 15) is 0 Å². The van der Waals surface area contributed by atoms with E-state index in [-0.39, 0.29) is 0 Å². The molecule has 0 spiro atoms. The van der Waals surface area contributed by atoms with Crippen LogP contribution in [0.25, 0.3) is 88.9 Å². The van der Waals surface area contributed by atoms with Gasteiger partial charge < -0.3 is 9.13 Å². The molecule has 0 saturated heterocycles. The van der Waals surface area contributed by atoms with Crippen LogP contribution in [0.3, 0.4) is 0 Å². The van der Waals surface area contributed by atoms with Gasteiger partial charge in [-0.25, -0.2) is 9.97 Å². The first-order valence-corrected chi connectivity index (χ1v) is 21.3. The van der Waals surface area contributed by atoms with Crippen molar-refractivity contribution < 1.29 is 0 Å². The highest BCUT2D eigenvalue weighted by molar-refractivity contribution is 7.04. The summed E-state index contributed by atoms with van der Waals surface area (Å²) in [4.78, 5) is 10.9. The first kappa shape index (κ1) is 30.1. The van der Waals surface area contributed by atoms with Crippen LogP contribution in [0.15, 0.2) is 170 Å². The van der Waals surface area contributed by atoms with Crippen molar-refractivity contribution in [3.05, 3.63) is 170 Å². The second-order valence-corrected chi connectivity index (χ2v) is 18.9. The molecule has 53 heavy (non-hydrogen) atoms. The van der Waals surface area contributed by atoms with Gasteiger partial charge in [-0.05, 0) is 46.3 Å². The molecule has 4 nitrogen and oxygen atoms in total. The van der Waals surface area contributed by atoms with Crippen LogP contribution in [0, 0.1) is 0 Å². The largest absolute Gasteiger partial charge is 0.307 e. The van der Waals surface area contributed by atoms with Crippen LogP contribution in [0.2, 0.25) is 13.1 Å². The molecule has 0 saturated carbocycles. The highest BCUT2D eigenvalue weighted by atomic mass is 28.3. The predicted molar refractivity (Wildman–Crippen MR) is 224 cm³/mol. The maximum Gasteiger partial charge on any atom is 0.160 e. The maximum absolute atomic E-state index is 5.56. The molecule has 0 N–H and O–H groups in total. The van der Waals surface area contributed by atoms with Gasteiger partial charge in [0.25, 0.3) is 0 Å². The van der Waals surface area contributed by atoms with Crippen molar-refractivity contribution in [3.63, 3.8) is 0 Å². The Bertz CT molecular complexity index is 3080. The van der Waals surface area contributed by atoms with Crippen molar-refractivity contribution in [2.75, 3.05) is 0 Å². The van der Waals surface area contributed by atoms with Gasteiger partial charge in [0, 0.05) is 38.4 Å². The molecule has 11 rings (SSSR count). The van der Waals surface area contributed by atoms with Crippen molar-refractivity contribution in [2.24, 2.45) is 0 Å². The van der Waals surface area contributed by atoms with E-state index in [1.807, 2.05) is 0 Å². The minimum atomic E-state index is -2.21. The fourth-order valence-corrected chi connectivity index (χ4v) is 12.2. The molecule has 1 aliphatic rings. The third-order valence-corrected chi connectivity index (χ3v) is 14.8. The number of hydrogen-bond acceptors (Lipinski definition) is 2. The van der Waals surface area contributed by atoms with Gasteiger partial charge >= 0.3 is 0 Å². The Kier molecular flexibility index (Phi) is 6.37. The van der Waals surface area contributed by atoms with Gasteiger partial charge in [0.15, 0.2) is 5.82 Å². The molecule has 0 atom stereocenters. The van der Waals surface area contributed by atoms with Gasteiger partial charge in [0.05, 0.1) is 39.1 Å². The summed E-state index contributed by atoms with van der Waals surface area (Å²) < 4.78 is 4.96. The highest BCUT2D eigenvalue weighted by Gasteiger charge is 2.42. The fraction of sp³-hybridized carbons (Fsp3) is 0.0417. The summed E-state index contributed by atoms with van der Waals surface area (Å²) in [6.45, 7) is 4.91. The molecule has 5 heteroatoms. The average molecular weight is 695 g/mol. The molecular formula is C48H34N4Si. The molecule has 0 radical (unpaired) electrons. The first-order chi connectivity index (χ1) is 26.1. The SMILES string of the molecule is C[Si]1(C)c2ccccc2-c2nc(-c3ccccc3)nc(-c3ccccc3-n3c4ccccc4c4ccc5c6ccccc6n(-c6ccccc6)c5c43)c21. The van der Waals surface area contributed by atoms with Crippen LogP contribution in [0.5, 0.6) is 0 Å². The molecule has 4 heterocycles. The smallest absolute Gasteiger partial charge is 0.160 e. The molecule has 0 unspecified atom stereocenters.